The van der Waals surface area contributed by atoms with E-state index in [0.29, 0.717) is 11.4 Å². The smallest absolute Gasteiger partial charge is 0.175 e. The molecule has 0 heterocycles. The van der Waals surface area contributed by atoms with Gasteiger partial charge >= 0.3 is 0 Å². The number of hydrogen-bond donors (Lipinski definition) is 1. The van der Waals surface area contributed by atoms with Crippen LogP contribution in [-0.2, 0) is 9.84 Å². The first-order valence-corrected chi connectivity index (χ1v) is 9.19. The van der Waals surface area contributed by atoms with Gasteiger partial charge in [-0.25, -0.2) is 8.42 Å². The van der Waals surface area contributed by atoms with Crippen LogP contribution in [0.5, 0.6) is 0 Å². The average molecular weight is 331 g/mol. The van der Waals surface area contributed by atoms with Gasteiger partial charge in [0.15, 0.2) is 9.84 Å². The highest BCUT2D eigenvalue weighted by molar-refractivity contribution is 7.90. The number of aliphatic hydroxyl groups excluding tert-OH is 1. The summed E-state index contributed by atoms with van der Waals surface area (Å²) in [6.45, 7) is 0.726. The molecule has 2 aromatic carbocycles. The third kappa shape index (κ3) is 4.94. The molecule has 0 fully saturated rings. The van der Waals surface area contributed by atoms with Gasteiger partial charge in [0.2, 0.25) is 0 Å². The molecule has 0 aliphatic rings. The number of likely N-dealkylation sites (N-methyl/N-ethyl adjacent to an activating group) is 1. The van der Waals surface area contributed by atoms with Gasteiger partial charge in [-0.1, -0.05) is 36.4 Å². The number of hydrogen-bond acceptors (Lipinski definition) is 4. The quantitative estimate of drug-likeness (QED) is 0.827. The van der Waals surface area contributed by atoms with Crippen LogP contribution in [0.15, 0.2) is 53.4 Å². The van der Waals surface area contributed by atoms with Crippen LogP contribution in [-0.4, -0.2) is 40.0 Å². The predicted octanol–water partition coefficient (Wildman–Crippen LogP) is 2.69. The van der Waals surface area contributed by atoms with Crippen molar-refractivity contribution in [2.45, 2.75) is 4.90 Å². The highest BCUT2D eigenvalue weighted by Gasteiger charge is 2.05. The van der Waals surface area contributed by atoms with Crippen molar-refractivity contribution >= 4 is 27.7 Å². The SMILES string of the molecule is CN(CCO)c1ccc(/C=C/c2ccc(S(C)(=O)=O)cc2)cc1. The minimum atomic E-state index is -3.15. The highest BCUT2D eigenvalue weighted by atomic mass is 32.2. The molecule has 122 valence electrons. The second-order valence-corrected chi connectivity index (χ2v) is 7.43. The van der Waals surface area contributed by atoms with Crippen LogP contribution in [0.25, 0.3) is 12.2 Å². The number of anilines is 1. The van der Waals surface area contributed by atoms with E-state index in [4.69, 9.17) is 5.11 Å². The van der Waals surface area contributed by atoms with Gasteiger partial charge in [0, 0.05) is 25.5 Å². The van der Waals surface area contributed by atoms with Crippen LogP contribution in [0.4, 0.5) is 5.69 Å². The predicted molar refractivity (Wildman–Crippen MR) is 95.3 cm³/mol. The summed E-state index contributed by atoms with van der Waals surface area (Å²) >= 11 is 0. The summed E-state index contributed by atoms with van der Waals surface area (Å²) in [6, 6.07) is 14.8. The van der Waals surface area contributed by atoms with Crippen molar-refractivity contribution in [3.05, 3.63) is 59.7 Å². The lowest BCUT2D eigenvalue weighted by Gasteiger charge is -2.17. The van der Waals surface area contributed by atoms with Gasteiger partial charge in [0.1, 0.15) is 0 Å². The first-order chi connectivity index (χ1) is 10.9. The first kappa shape index (κ1) is 17.2. The van der Waals surface area contributed by atoms with E-state index in [0.717, 1.165) is 16.8 Å². The Kier molecular flexibility index (Phi) is 5.58. The van der Waals surface area contributed by atoms with Gasteiger partial charge in [-0.2, -0.15) is 0 Å². The Bertz CT molecular complexity index is 763. The largest absolute Gasteiger partial charge is 0.395 e. The summed E-state index contributed by atoms with van der Waals surface area (Å²) in [4.78, 5) is 2.31. The normalized spacial score (nSPS) is 11.8. The lowest BCUT2D eigenvalue weighted by molar-refractivity contribution is 0.304. The van der Waals surface area contributed by atoms with Crippen LogP contribution >= 0.6 is 0 Å². The number of sulfone groups is 1. The molecule has 0 saturated carbocycles. The molecular formula is C18H21NO3S. The minimum absolute atomic E-state index is 0.127. The van der Waals surface area contributed by atoms with E-state index < -0.39 is 9.84 Å². The molecule has 0 amide bonds. The Labute approximate surface area is 137 Å². The maximum Gasteiger partial charge on any atom is 0.175 e. The molecule has 2 rings (SSSR count). The monoisotopic (exact) mass is 331 g/mol. The number of rotatable bonds is 6. The second kappa shape index (κ2) is 7.44. The number of aliphatic hydroxyl groups is 1. The van der Waals surface area contributed by atoms with Crippen LogP contribution in [0.2, 0.25) is 0 Å². The third-order valence-corrected chi connectivity index (χ3v) is 4.67. The van der Waals surface area contributed by atoms with E-state index >= 15 is 0 Å². The molecule has 0 atom stereocenters. The van der Waals surface area contributed by atoms with E-state index in [1.807, 2.05) is 48.4 Å². The summed E-state index contributed by atoms with van der Waals surface area (Å²) in [5.41, 5.74) is 3.05. The zero-order valence-corrected chi connectivity index (χ0v) is 14.1. The molecular weight excluding hydrogens is 310 g/mol. The van der Waals surface area contributed by atoms with E-state index in [1.165, 1.54) is 6.26 Å². The zero-order chi connectivity index (χ0) is 16.9. The summed E-state index contributed by atoms with van der Waals surface area (Å²) in [6.07, 6.45) is 5.12. The minimum Gasteiger partial charge on any atom is -0.395 e. The summed E-state index contributed by atoms with van der Waals surface area (Å²) in [7, 11) is -1.22. The van der Waals surface area contributed by atoms with Gasteiger partial charge in [-0.15, -0.1) is 0 Å². The Morgan fingerprint density at radius 3 is 1.87 bits per heavy atom. The standard InChI is InChI=1S/C18H21NO3S/c1-19(13-14-20)17-9-5-15(6-10-17)3-4-16-7-11-18(12-8-16)23(2,21)22/h3-12,20H,13-14H2,1-2H3/b4-3+. The van der Waals surface area contributed by atoms with Crippen molar-refractivity contribution < 1.29 is 13.5 Å². The van der Waals surface area contributed by atoms with Gasteiger partial charge in [-0.3, -0.25) is 0 Å². The van der Waals surface area contributed by atoms with Gasteiger partial charge in [-0.05, 0) is 35.4 Å². The zero-order valence-electron chi connectivity index (χ0n) is 13.3. The molecule has 0 aliphatic heterocycles. The van der Waals surface area contributed by atoms with Gasteiger partial charge in [0.25, 0.3) is 0 Å². The molecule has 2 aromatic rings. The molecule has 5 heteroatoms. The molecule has 0 radical (unpaired) electrons. The lowest BCUT2D eigenvalue weighted by atomic mass is 10.1. The maximum atomic E-state index is 11.4. The van der Waals surface area contributed by atoms with Gasteiger partial charge < -0.3 is 10.0 Å². The third-order valence-electron chi connectivity index (χ3n) is 3.55. The first-order valence-electron chi connectivity index (χ1n) is 7.30. The summed E-state index contributed by atoms with van der Waals surface area (Å²) in [5.74, 6) is 0. The lowest BCUT2D eigenvalue weighted by Crippen LogP contribution is -2.20. The van der Waals surface area contributed by atoms with Crippen LogP contribution in [0, 0.1) is 0 Å². The Balaban J connectivity index is 2.08. The molecule has 1 N–H and O–H groups in total. The van der Waals surface area contributed by atoms with Crippen molar-refractivity contribution in [2.24, 2.45) is 0 Å². The van der Waals surface area contributed by atoms with Crippen LogP contribution in [0.3, 0.4) is 0 Å². The van der Waals surface area contributed by atoms with Crippen LogP contribution < -0.4 is 4.90 Å². The second-order valence-electron chi connectivity index (χ2n) is 5.41. The fourth-order valence-electron chi connectivity index (χ4n) is 2.14. The van der Waals surface area contributed by atoms with E-state index in [1.54, 1.807) is 24.3 Å². The Morgan fingerprint density at radius 2 is 1.43 bits per heavy atom. The highest BCUT2D eigenvalue weighted by Crippen LogP contribution is 2.16. The molecule has 0 aromatic heterocycles. The fourth-order valence-corrected chi connectivity index (χ4v) is 2.77. The Hall–Kier alpha value is -2.11. The molecule has 0 aliphatic carbocycles. The van der Waals surface area contributed by atoms with E-state index in [-0.39, 0.29) is 6.61 Å². The van der Waals surface area contributed by atoms with E-state index in [2.05, 4.69) is 0 Å². The molecule has 4 nitrogen and oxygen atoms in total. The number of nitrogens with zero attached hydrogens (tertiary/aromatic N) is 1. The molecule has 0 spiro atoms. The van der Waals surface area contributed by atoms with E-state index in [9.17, 15) is 8.42 Å². The van der Waals surface area contributed by atoms with Crippen molar-refractivity contribution in [3.8, 4) is 0 Å². The maximum absolute atomic E-state index is 11.4. The molecule has 0 unspecified atom stereocenters. The van der Waals surface area contributed by atoms with Crippen LogP contribution in [0.1, 0.15) is 11.1 Å². The van der Waals surface area contributed by atoms with Crippen molar-refractivity contribution in [2.75, 3.05) is 31.4 Å². The fraction of sp³-hybridized carbons (Fsp3) is 0.222. The molecule has 23 heavy (non-hydrogen) atoms. The summed E-state index contributed by atoms with van der Waals surface area (Å²) in [5, 5.41) is 8.94. The van der Waals surface area contributed by atoms with Crippen molar-refractivity contribution in [1.29, 1.82) is 0 Å². The Morgan fingerprint density at radius 1 is 0.957 bits per heavy atom. The topological polar surface area (TPSA) is 57.6 Å². The van der Waals surface area contributed by atoms with Crippen molar-refractivity contribution in [1.82, 2.24) is 0 Å². The number of benzene rings is 2. The van der Waals surface area contributed by atoms with Crippen molar-refractivity contribution in [3.63, 3.8) is 0 Å². The molecule has 0 bridgehead atoms. The average Bonchev–Trinajstić information content (AvgIpc) is 2.53. The molecule has 0 saturated heterocycles. The summed E-state index contributed by atoms with van der Waals surface area (Å²) < 4.78 is 22.8. The van der Waals surface area contributed by atoms with Gasteiger partial charge in [0.05, 0.1) is 11.5 Å².